The number of anilines is 1. The van der Waals surface area contributed by atoms with Crippen LogP contribution in [0.3, 0.4) is 0 Å². The number of nitrogens with zero attached hydrogens (tertiary/aromatic N) is 2. The number of piperidine rings is 1. The standard InChI is InChI=1S/C37H41N5O3/c1-25(31-23-38-32-13-8-7-12-29(31)32)35(40-37(44)42-19-17-28(18-20-42)27-10-5-4-6-11-27)36(43)39-33-22-26(24-41(2)3)15-16-30(33)34-14-9-21-45-34/h4-16,21-23,25,28,35,38H,17-20,24H2,1-3H3,(H,39,43)(H,40,44)/t25-,35-/m1/s1. The molecule has 0 bridgehead atoms. The number of hydrogen-bond donors (Lipinski definition) is 3. The smallest absolute Gasteiger partial charge is 0.318 e. The first-order valence-corrected chi connectivity index (χ1v) is 15.7. The van der Waals surface area contributed by atoms with E-state index in [-0.39, 0.29) is 17.9 Å². The molecular weight excluding hydrogens is 562 g/mol. The molecule has 1 saturated heterocycles. The molecule has 0 saturated carbocycles. The summed E-state index contributed by atoms with van der Waals surface area (Å²) < 4.78 is 5.72. The fourth-order valence-electron chi connectivity index (χ4n) is 6.45. The molecule has 3 heterocycles. The van der Waals surface area contributed by atoms with E-state index in [4.69, 9.17) is 4.42 Å². The number of likely N-dealkylation sites (tertiary alicyclic amines) is 1. The second-order valence-electron chi connectivity index (χ2n) is 12.3. The van der Waals surface area contributed by atoms with Gasteiger partial charge in [0, 0.05) is 48.2 Å². The molecule has 2 aromatic heterocycles. The van der Waals surface area contributed by atoms with Crippen molar-refractivity contribution >= 4 is 28.5 Å². The van der Waals surface area contributed by atoms with E-state index in [1.165, 1.54) is 5.56 Å². The van der Waals surface area contributed by atoms with Crippen LogP contribution < -0.4 is 10.6 Å². The van der Waals surface area contributed by atoms with E-state index in [0.29, 0.717) is 37.0 Å². The van der Waals surface area contributed by atoms with Crippen molar-refractivity contribution in [1.82, 2.24) is 20.1 Å². The zero-order valence-corrected chi connectivity index (χ0v) is 26.1. The first kappa shape index (κ1) is 30.2. The van der Waals surface area contributed by atoms with Crippen LogP contribution in [0.5, 0.6) is 0 Å². The Hall–Kier alpha value is -4.82. The summed E-state index contributed by atoms with van der Waals surface area (Å²) in [5, 5.41) is 7.36. The van der Waals surface area contributed by atoms with E-state index in [9.17, 15) is 9.59 Å². The number of furan rings is 1. The Kier molecular flexibility index (Phi) is 9.03. The quantitative estimate of drug-likeness (QED) is 0.166. The predicted molar refractivity (Wildman–Crippen MR) is 179 cm³/mol. The molecule has 0 radical (unpaired) electrons. The van der Waals surface area contributed by atoms with Gasteiger partial charge in [-0.1, -0.05) is 61.5 Å². The molecule has 6 rings (SSSR count). The molecule has 45 heavy (non-hydrogen) atoms. The maximum atomic E-state index is 14.3. The SMILES string of the molecule is C[C@H](c1c[nH]c2ccccc12)[C@@H](NC(=O)N1CCC(c2ccccc2)CC1)C(=O)Nc1cc(CN(C)C)ccc1-c1ccco1. The number of hydrogen-bond acceptors (Lipinski definition) is 4. The van der Waals surface area contributed by atoms with E-state index in [1.807, 2.05) is 92.8 Å². The summed E-state index contributed by atoms with van der Waals surface area (Å²) in [5.74, 6) is 0.487. The van der Waals surface area contributed by atoms with Crippen molar-refractivity contribution in [2.24, 2.45) is 0 Å². The van der Waals surface area contributed by atoms with E-state index < -0.39 is 6.04 Å². The topological polar surface area (TPSA) is 93.6 Å². The molecule has 1 fully saturated rings. The maximum Gasteiger partial charge on any atom is 0.318 e. The van der Waals surface area contributed by atoms with Crippen molar-refractivity contribution < 1.29 is 14.0 Å². The highest BCUT2D eigenvalue weighted by Gasteiger charge is 2.33. The van der Waals surface area contributed by atoms with Crippen LogP contribution in [0.25, 0.3) is 22.2 Å². The van der Waals surface area contributed by atoms with Gasteiger partial charge in [-0.15, -0.1) is 0 Å². The molecule has 3 aromatic carbocycles. The number of rotatable bonds is 9. The first-order valence-electron chi connectivity index (χ1n) is 15.7. The summed E-state index contributed by atoms with van der Waals surface area (Å²) in [6, 6.07) is 27.2. The van der Waals surface area contributed by atoms with Gasteiger partial charge in [0.1, 0.15) is 11.8 Å². The summed E-state index contributed by atoms with van der Waals surface area (Å²) in [4.78, 5) is 35.3. The highest BCUT2D eigenvalue weighted by Crippen LogP contribution is 2.33. The third kappa shape index (κ3) is 6.81. The van der Waals surface area contributed by atoms with Crippen LogP contribution in [-0.2, 0) is 11.3 Å². The summed E-state index contributed by atoms with van der Waals surface area (Å²) in [5.41, 5.74) is 5.75. The zero-order chi connectivity index (χ0) is 31.3. The summed E-state index contributed by atoms with van der Waals surface area (Å²) in [7, 11) is 4.02. The number of nitrogens with one attached hydrogen (secondary N) is 3. The average Bonchev–Trinajstić information content (AvgIpc) is 3.74. The van der Waals surface area contributed by atoms with Crippen molar-refractivity contribution in [2.75, 3.05) is 32.5 Å². The van der Waals surface area contributed by atoms with Crippen molar-refractivity contribution in [3.8, 4) is 11.3 Å². The molecule has 232 valence electrons. The average molecular weight is 604 g/mol. The fraction of sp³-hybridized carbons (Fsp3) is 0.297. The molecule has 3 amide bonds. The number of carbonyl (C=O) groups is 2. The van der Waals surface area contributed by atoms with Crippen molar-refractivity contribution in [1.29, 1.82) is 0 Å². The minimum absolute atomic E-state index is 0.221. The molecule has 0 aliphatic carbocycles. The maximum absolute atomic E-state index is 14.3. The number of urea groups is 1. The lowest BCUT2D eigenvalue weighted by molar-refractivity contribution is -0.118. The van der Waals surface area contributed by atoms with Gasteiger partial charge in [-0.05, 0) is 79.9 Å². The Balaban J connectivity index is 1.27. The number of para-hydroxylation sites is 1. The zero-order valence-electron chi connectivity index (χ0n) is 26.1. The van der Waals surface area contributed by atoms with Crippen LogP contribution in [0.15, 0.2) is 102 Å². The van der Waals surface area contributed by atoms with Gasteiger partial charge in [-0.25, -0.2) is 4.79 Å². The number of amides is 3. The van der Waals surface area contributed by atoms with Gasteiger partial charge in [-0.3, -0.25) is 4.79 Å². The molecule has 2 atom stereocenters. The summed E-state index contributed by atoms with van der Waals surface area (Å²) in [6.07, 6.45) is 5.34. The molecule has 5 aromatic rings. The largest absolute Gasteiger partial charge is 0.464 e. The minimum atomic E-state index is -0.828. The molecule has 8 nitrogen and oxygen atoms in total. The van der Waals surface area contributed by atoms with Gasteiger partial charge in [-0.2, -0.15) is 0 Å². The lowest BCUT2D eigenvalue weighted by Crippen LogP contribution is -2.53. The third-order valence-corrected chi connectivity index (χ3v) is 8.85. The highest BCUT2D eigenvalue weighted by molar-refractivity contribution is 6.01. The van der Waals surface area contributed by atoms with Gasteiger partial charge in [0.25, 0.3) is 0 Å². The molecule has 0 unspecified atom stereocenters. The van der Waals surface area contributed by atoms with Gasteiger partial charge in [0.15, 0.2) is 0 Å². The Morgan fingerprint density at radius 1 is 0.978 bits per heavy atom. The van der Waals surface area contributed by atoms with Crippen LogP contribution in [0, 0.1) is 0 Å². The molecule has 0 spiro atoms. The minimum Gasteiger partial charge on any atom is -0.464 e. The Morgan fingerprint density at radius 3 is 2.47 bits per heavy atom. The predicted octanol–water partition coefficient (Wildman–Crippen LogP) is 7.19. The Bertz CT molecular complexity index is 1740. The summed E-state index contributed by atoms with van der Waals surface area (Å²) in [6.45, 7) is 3.98. The summed E-state index contributed by atoms with van der Waals surface area (Å²) >= 11 is 0. The normalized spacial score (nSPS) is 15.2. The van der Waals surface area contributed by atoms with Gasteiger partial charge < -0.3 is 29.8 Å². The number of benzene rings is 3. The number of aromatic amines is 1. The van der Waals surface area contributed by atoms with Crippen LogP contribution in [0.1, 0.15) is 48.3 Å². The van der Waals surface area contributed by atoms with Crippen molar-refractivity contribution in [3.05, 3.63) is 114 Å². The second-order valence-corrected chi connectivity index (χ2v) is 12.3. The molecule has 8 heteroatoms. The Morgan fingerprint density at radius 2 is 1.73 bits per heavy atom. The van der Waals surface area contributed by atoms with E-state index >= 15 is 0 Å². The van der Waals surface area contributed by atoms with Crippen molar-refractivity contribution in [2.45, 2.75) is 44.2 Å². The van der Waals surface area contributed by atoms with E-state index in [0.717, 1.165) is 40.4 Å². The Labute approximate surface area is 264 Å². The monoisotopic (exact) mass is 603 g/mol. The molecule has 3 N–H and O–H groups in total. The lowest BCUT2D eigenvalue weighted by Gasteiger charge is -2.34. The fourth-order valence-corrected chi connectivity index (χ4v) is 6.45. The van der Waals surface area contributed by atoms with E-state index in [1.54, 1.807) is 6.26 Å². The van der Waals surface area contributed by atoms with Gasteiger partial charge in [0.2, 0.25) is 5.91 Å². The van der Waals surface area contributed by atoms with Crippen molar-refractivity contribution in [3.63, 3.8) is 0 Å². The van der Waals surface area contributed by atoms with E-state index in [2.05, 4.69) is 44.8 Å². The number of carbonyl (C=O) groups excluding carboxylic acids is 2. The van der Waals surface area contributed by atoms with Crippen LogP contribution in [0.4, 0.5) is 10.5 Å². The van der Waals surface area contributed by atoms with Crippen LogP contribution in [-0.4, -0.2) is 59.9 Å². The first-order chi connectivity index (χ1) is 21.9. The lowest BCUT2D eigenvalue weighted by atomic mass is 9.89. The number of H-pyrrole nitrogens is 1. The second kappa shape index (κ2) is 13.4. The number of aromatic nitrogens is 1. The number of fused-ring (bicyclic) bond motifs is 1. The molecular formula is C37H41N5O3. The van der Waals surface area contributed by atoms with Crippen LogP contribution in [0.2, 0.25) is 0 Å². The molecule has 1 aliphatic rings. The molecule has 1 aliphatic heterocycles. The van der Waals surface area contributed by atoms with Crippen LogP contribution >= 0.6 is 0 Å². The highest BCUT2D eigenvalue weighted by atomic mass is 16.3. The van der Waals surface area contributed by atoms with Gasteiger partial charge in [0.05, 0.1) is 12.0 Å². The van der Waals surface area contributed by atoms with Gasteiger partial charge >= 0.3 is 6.03 Å². The third-order valence-electron chi connectivity index (χ3n) is 8.85.